The molecule has 0 saturated heterocycles. The van der Waals surface area contributed by atoms with Crippen molar-refractivity contribution >= 4 is 21.7 Å². The molecule has 0 aromatic carbocycles. The number of nitrogens with one attached hydrogen (secondary N) is 1. The summed E-state index contributed by atoms with van der Waals surface area (Å²) in [5.74, 6) is -2.40. The summed E-state index contributed by atoms with van der Waals surface area (Å²) in [6.45, 7) is 1.88. The molecule has 0 fully saturated rings. The number of hydrogen-bond acceptors (Lipinski definition) is 4. The second-order valence-corrected chi connectivity index (χ2v) is 5.94. The summed E-state index contributed by atoms with van der Waals surface area (Å²) in [4.78, 5) is 21.5. The summed E-state index contributed by atoms with van der Waals surface area (Å²) in [5, 5.41) is 11.0. The quantitative estimate of drug-likeness (QED) is 0.602. The van der Waals surface area contributed by atoms with Gasteiger partial charge in [0, 0.05) is 12.8 Å². The Kier molecular flexibility index (Phi) is 6.02. The van der Waals surface area contributed by atoms with Crippen LogP contribution in [-0.2, 0) is 19.4 Å². The van der Waals surface area contributed by atoms with Crippen LogP contribution >= 0.6 is 0 Å². The van der Waals surface area contributed by atoms with Gasteiger partial charge in [-0.15, -0.1) is 0 Å². The molecule has 0 bridgehead atoms. The highest BCUT2D eigenvalue weighted by Crippen LogP contribution is 2.04. The standard InChI is InChI=1S/C9H17NO5S/c1-7(9(12)13)4-3-5-10-8(11)6-16(2,14)15/h7H,3-6H2,1-2H3,(H,10,11)(H,12,13). The lowest BCUT2D eigenvalue weighted by atomic mass is 10.1. The van der Waals surface area contributed by atoms with Crippen LogP contribution in [0.4, 0.5) is 0 Å². The molecule has 0 aliphatic carbocycles. The van der Waals surface area contributed by atoms with E-state index in [1.54, 1.807) is 6.92 Å². The maximum atomic E-state index is 11.0. The molecule has 2 N–H and O–H groups in total. The van der Waals surface area contributed by atoms with Crippen molar-refractivity contribution in [3.63, 3.8) is 0 Å². The van der Waals surface area contributed by atoms with Gasteiger partial charge < -0.3 is 10.4 Å². The van der Waals surface area contributed by atoms with Crippen LogP contribution < -0.4 is 5.32 Å². The van der Waals surface area contributed by atoms with Gasteiger partial charge in [0.2, 0.25) is 5.91 Å². The summed E-state index contributed by atoms with van der Waals surface area (Å²) in [6, 6.07) is 0. The molecule has 0 aromatic heterocycles. The Hall–Kier alpha value is -1.11. The molecular weight excluding hydrogens is 234 g/mol. The Labute approximate surface area is 95.0 Å². The minimum Gasteiger partial charge on any atom is -0.481 e. The first kappa shape index (κ1) is 14.9. The van der Waals surface area contributed by atoms with Gasteiger partial charge in [-0.3, -0.25) is 9.59 Å². The smallest absolute Gasteiger partial charge is 0.306 e. The van der Waals surface area contributed by atoms with Gasteiger partial charge >= 0.3 is 5.97 Å². The summed E-state index contributed by atoms with van der Waals surface area (Å²) in [7, 11) is -3.30. The van der Waals surface area contributed by atoms with Crippen molar-refractivity contribution < 1.29 is 23.1 Å². The molecule has 0 aliphatic rings. The predicted molar refractivity (Wildman–Crippen MR) is 58.8 cm³/mol. The molecule has 16 heavy (non-hydrogen) atoms. The molecule has 0 rings (SSSR count). The largest absolute Gasteiger partial charge is 0.481 e. The van der Waals surface area contributed by atoms with E-state index in [1.165, 1.54) is 0 Å². The van der Waals surface area contributed by atoms with E-state index < -0.39 is 33.4 Å². The molecule has 0 heterocycles. The Balaban J connectivity index is 3.68. The van der Waals surface area contributed by atoms with E-state index >= 15 is 0 Å². The van der Waals surface area contributed by atoms with Crippen molar-refractivity contribution in [3.8, 4) is 0 Å². The number of sulfone groups is 1. The number of carbonyl (C=O) groups is 2. The third kappa shape index (κ3) is 8.22. The first-order chi connectivity index (χ1) is 7.22. The van der Waals surface area contributed by atoms with Crippen LogP contribution in [0.5, 0.6) is 0 Å². The van der Waals surface area contributed by atoms with Crippen LogP contribution in [-0.4, -0.2) is 44.0 Å². The van der Waals surface area contributed by atoms with Crippen molar-refractivity contribution in [1.29, 1.82) is 0 Å². The van der Waals surface area contributed by atoms with Gasteiger partial charge in [0.25, 0.3) is 0 Å². The number of amides is 1. The zero-order chi connectivity index (χ0) is 12.8. The molecule has 0 saturated carbocycles. The summed E-state index contributed by atoms with van der Waals surface area (Å²) in [5.41, 5.74) is 0. The van der Waals surface area contributed by atoms with Crippen molar-refractivity contribution in [3.05, 3.63) is 0 Å². The number of hydrogen-bond donors (Lipinski definition) is 2. The highest BCUT2D eigenvalue weighted by Gasteiger charge is 2.12. The third-order valence-electron chi connectivity index (χ3n) is 1.95. The first-order valence-electron chi connectivity index (χ1n) is 4.89. The Bertz CT molecular complexity index is 349. The van der Waals surface area contributed by atoms with E-state index in [2.05, 4.69) is 5.32 Å². The van der Waals surface area contributed by atoms with Gasteiger partial charge in [-0.05, 0) is 12.8 Å². The minimum absolute atomic E-state index is 0.298. The summed E-state index contributed by atoms with van der Waals surface area (Å²) < 4.78 is 21.5. The molecule has 1 amide bonds. The monoisotopic (exact) mass is 251 g/mol. The summed E-state index contributed by atoms with van der Waals surface area (Å²) in [6.07, 6.45) is 1.95. The number of carbonyl (C=O) groups excluding carboxylic acids is 1. The summed E-state index contributed by atoms with van der Waals surface area (Å²) >= 11 is 0. The number of carboxylic acid groups (broad SMARTS) is 1. The molecule has 0 spiro atoms. The fourth-order valence-electron chi connectivity index (χ4n) is 1.05. The molecule has 1 unspecified atom stereocenters. The van der Waals surface area contributed by atoms with E-state index in [4.69, 9.17) is 5.11 Å². The average Bonchev–Trinajstić information content (AvgIpc) is 2.08. The van der Waals surface area contributed by atoms with Gasteiger partial charge in [-0.1, -0.05) is 6.92 Å². The zero-order valence-electron chi connectivity index (χ0n) is 9.39. The fourth-order valence-corrected chi connectivity index (χ4v) is 1.63. The van der Waals surface area contributed by atoms with E-state index in [9.17, 15) is 18.0 Å². The maximum Gasteiger partial charge on any atom is 0.306 e. The molecular formula is C9H17NO5S. The average molecular weight is 251 g/mol. The lowest BCUT2D eigenvalue weighted by molar-refractivity contribution is -0.141. The van der Waals surface area contributed by atoms with Crippen molar-refractivity contribution in [1.82, 2.24) is 5.32 Å². The van der Waals surface area contributed by atoms with Crippen molar-refractivity contribution in [2.45, 2.75) is 19.8 Å². The topological polar surface area (TPSA) is 101 Å². The fraction of sp³-hybridized carbons (Fsp3) is 0.778. The molecule has 94 valence electrons. The highest BCUT2D eigenvalue weighted by molar-refractivity contribution is 7.91. The maximum absolute atomic E-state index is 11.0. The van der Waals surface area contributed by atoms with Crippen LogP contribution in [0.2, 0.25) is 0 Å². The number of aliphatic carboxylic acids is 1. The van der Waals surface area contributed by atoms with Crippen LogP contribution in [0, 0.1) is 5.92 Å². The van der Waals surface area contributed by atoms with E-state index in [-0.39, 0.29) is 0 Å². The van der Waals surface area contributed by atoms with Crippen LogP contribution in [0.25, 0.3) is 0 Å². The third-order valence-corrected chi connectivity index (χ3v) is 2.74. The molecule has 7 heteroatoms. The van der Waals surface area contributed by atoms with Crippen LogP contribution in [0.3, 0.4) is 0 Å². The van der Waals surface area contributed by atoms with Crippen molar-refractivity contribution in [2.75, 3.05) is 18.6 Å². The highest BCUT2D eigenvalue weighted by atomic mass is 32.2. The molecule has 0 aromatic rings. The Morgan fingerprint density at radius 2 is 1.94 bits per heavy atom. The lowest BCUT2D eigenvalue weighted by Gasteiger charge is -2.06. The van der Waals surface area contributed by atoms with Crippen LogP contribution in [0.15, 0.2) is 0 Å². The minimum atomic E-state index is -3.30. The van der Waals surface area contributed by atoms with E-state index in [0.29, 0.717) is 19.4 Å². The normalized spacial score (nSPS) is 13.1. The molecule has 1 atom stereocenters. The first-order valence-corrected chi connectivity index (χ1v) is 6.95. The van der Waals surface area contributed by atoms with Crippen molar-refractivity contribution in [2.24, 2.45) is 5.92 Å². The van der Waals surface area contributed by atoms with Gasteiger partial charge in [0.15, 0.2) is 9.84 Å². The van der Waals surface area contributed by atoms with Gasteiger partial charge in [-0.25, -0.2) is 8.42 Å². The molecule has 0 radical (unpaired) electrons. The number of carboxylic acids is 1. The van der Waals surface area contributed by atoms with Gasteiger partial charge in [0.05, 0.1) is 5.92 Å². The second kappa shape index (κ2) is 6.47. The Morgan fingerprint density at radius 1 is 1.38 bits per heavy atom. The molecule has 0 aliphatic heterocycles. The second-order valence-electron chi connectivity index (χ2n) is 3.80. The lowest BCUT2D eigenvalue weighted by Crippen LogP contribution is -2.30. The van der Waals surface area contributed by atoms with E-state index in [1.807, 2.05) is 0 Å². The van der Waals surface area contributed by atoms with Gasteiger partial charge in [-0.2, -0.15) is 0 Å². The van der Waals surface area contributed by atoms with Crippen LogP contribution in [0.1, 0.15) is 19.8 Å². The zero-order valence-corrected chi connectivity index (χ0v) is 10.2. The Morgan fingerprint density at radius 3 is 2.38 bits per heavy atom. The molecule has 6 nitrogen and oxygen atoms in total. The van der Waals surface area contributed by atoms with Gasteiger partial charge in [0.1, 0.15) is 5.75 Å². The van der Waals surface area contributed by atoms with E-state index in [0.717, 1.165) is 6.26 Å². The SMILES string of the molecule is CC(CCCNC(=O)CS(C)(=O)=O)C(=O)O. The number of rotatable bonds is 7. The predicted octanol–water partition coefficient (Wildman–Crippen LogP) is -0.352.